The molecule has 178 valence electrons. The van der Waals surface area contributed by atoms with Gasteiger partial charge in [-0.05, 0) is 36.8 Å². The number of β-lactam (4-membered cyclic amide) rings is 1. The van der Waals surface area contributed by atoms with Gasteiger partial charge in [-0.3, -0.25) is 19.9 Å². The number of ether oxygens (including phenoxy) is 3. The van der Waals surface area contributed by atoms with Gasteiger partial charge in [0.05, 0.1) is 11.0 Å². The molecular weight excluding hydrogens is 462 g/mol. The predicted molar refractivity (Wildman–Crippen MR) is 121 cm³/mol. The van der Waals surface area contributed by atoms with Gasteiger partial charge in [0.2, 0.25) is 5.91 Å². The van der Waals surface area contributed by atoms with Crippen molar-refractivity contribution in [3.63, 3.8) is 0 Å². The normalized spacial score (nSPS) is 19.6. The van der Waals surface area contributed by atoms with Crippen molar-refractivity contribution in [2.45, 2.75) is 36.7 Å². The summed E-state index contributed by atoms with van der Waals surface area (Å²) in [5.41, 5.74) is 0.741. The zero-order chi connectivity index (χ0) is 24.5. The van der Waals surface area contributed by atoms with E-state index in [1.165, 1.54) is 55.1 Å². The molecule has 0 radical (unpaired) electrons. The van der Waals surface area contributed by atoms with Crippen LogP contribution in [0.2, 0.25) is 0 Å². The van der Waals surface area contributed by atoms with E-state index in [9.17, 15) is 19.7 Å². The average molecular weight is 486 g/mol. The topological polar surface area (TPSA) is 121 Å². The van der Waals surface area contributed by atoms with Crippen LogP contribution in [0.4, 0.5) is 5.69 Å². The van der Waals surface area contributed by atoms with E-state index in [4.69, 9.17) is 14.2 Å². The number of thioether (sulfide) groups is 1. The molecule has 1 saturated heterocycles. The summed E-state index contributed by atoms with van der Waals surface area (Å²) >= 11 is 1.38. The van der Waals surface area contributed by atoms with Gasteiger partial charge >= 0.3 is 5.97 Å². The summed E-state index contributed by atoms with van der Waals surface area (Å²) in [6.07, 6.45) is 3.76. The van der Waals surface area contributed by atoms with E-state index in [1.807, 2.05) is 12.1 Å². The third kappa shape index (κ3) is 4.29. The number of methoxy groups -OCH3 is 2. The standard InChI is InChI=1S/C23H23N3O7S/c1-23(31-2,32-3)19-17-12-18(34-16-8-10-24-11-9-16)20(25(17)21(19)27)22(28)33-13-14-4-6-15(7-5-14)26(29)30/h4-11,17,19H,12-13H2,1-3H3/t17-,19-/m1/s1. The van der Waals surface area contributed by atoms with Gasteiger partial charge in [0.15, 0.2) is 5.79 Å². The third-order valence-electron chi connectivity index (χ3n) is 6.10. The highest BCUT2D eigenvalue weighted by Crippen LogP contribution is 2.51. The Kier molecular flexibility index (Phi) is 6.69. The molecule has 0 saturated carbocycles. The van der Waals surface area contributed by atoms with Gasteiger partial charge in [-0.1, -0.05) is 11.8 Å². The van der Waals surface area contributed by atoms with E-state index < -0.39 is 22.6 Å². The number of carbonyl (C=O) groups is 2. The molecule has 1 aromatic carbocycles. The van der Waals surface area contributed by atoms with Crippen molar-refractivity contribution in [2.24, 2.45) is 5.92 Å². The molecule has 0 spiro atoms. The van der Waals surface area contributed by atoms with Crippen LogP contribution in [0.25, 0.3) is 0 Å². The number of hydrogen-bond donors (Lipinski definition) is 0. The number of amides is 1. The molecule has 0 N–H and O–H groups in total. The number of nitrogens with zero attached hydrogens (tertiary/aromatic N) is 3. The first-order valence-electron chi connectivity index (χ1n) is 10.4. The van der Waals surface area contributed by atoms with Crippen molar-refractivity contribution in [2.75, 3.05) is 14.2 Å². The lowest BCUT2D eigenvalue weighted by molar-refractivity contribution is -0.384. The summed E-state index contributed by atoms with van der Waals surface area (Å²) < 4.78 is 16.5. The van der Waals surface area contributed by atoms with Gasteiger partial charge in [0, 0.05) is 55.0 Å². The molecule has 2 aromatic rings. The molecule has 2 aliphatic rings. The quantitative estimate of drug-likeness (QED) is 0.173. The minimum Gasteiger partial charge on any atom is -0.456 e. The lowest BCUT2D eigenvalue weighted by Crippen LogP contribution is -2.66. The number of pyridine rings is 1. The Balaban J connectivity index is 1.57. The number of nitro benzene ring substituents is 1. The Labute approximate surface area is 200 Å². The van der Waals surface area contributed by atoms with Crippen LogP contribution in [-0.2, 0) is 30.4 Å². The first kappa shape index (κ1) is 23.9. The van der Waals surface area contributed by atoms with E-state index in [0.29, 0.717) is 16.9 Å². The lowest BCUT2D eigenvalue weighted by Gasteiger charge is -2.49. The first-order chi connectivity index (χ1) is 16.3. The molecule has 1 amide bonds. The average Bonchev–Trinajstić information content (AvgIpc) is 3.17. The van der Waals surface area contributed by atoms with Crippen molar-refractivity contribution in [1.29, 1.82) is 0 Å². The summed E-state index contributed by atoms with van der Waals surface area (Å²) in [5, 5.41) is 10.8. The summed E-state index contributed by atoms with van der Waals surface area (Å²) in [6.45, 7) is 1.62. The third-order valence-corrected chi connectivity index (χ3v) is 7.21. The molecule has 2 aliphatic heterocycles. The maximum absolute atomic E-state index is 13.2. The lowest BCUT2D eigenvalue weighted by atomic mass is 9.81. The molecule has 0 bridgehead atoms. The smallest absolute Gasteiger partial charge is 0.356 e. The minimum atomic E-state index is -1.12. The fourth-order valence-electron chi connectivity index (χ4n) is 4.14. The van der Waals surface area contributed by atoms with Crippen molar-refractivity contribution < 1.29 is 28.7 Å². The highest BCUT2D eigenvalue weighted by molar-refractivity contribution is 8.03. The number of aromatic nitrogens is 1. The van der Waals surface area contributed by atoms with Gasteiger partial charge in [-0.25, -0.2) is 4.79 Å². The largest absolute Gasteiger partial charge is 0.456 e. The Morgan fingerprint density at radius 2 is 1.85 bits per heavy atom. The number of non-ortho nitro benzene ring substituents is 1. The van der Waals surface area contributed by atoms with Crippen LogP contribution < -0.4 is 0 Å². The zero-order valence-electron chi connectivity index (χ0n) is 18.8. The number of esters is 1. The Bertz CT molecular complexity index is 1130. The van der Waals surface area contributed by atoms with Crippen LogP contribution in [0.5, 0.6) is 0 Å². The van der Waals surface area contributed by atoms with Crippen LogP contribution in [-0.4, -0.2) is 52.7 Å². The molecule has 1 aromatic heterocycles. The monoisotopic (exact) mass is 485 g/mol. The zero-order valence-corrected chi connectivity index (χ0v) is 19.6. The Morgan fingerprint density at radius 3 is 2.44 bits per heavy atom. The van der Waals surface area contributed by atoms with Crippen molar-refractivity contribution >= 4 is 29.3 Å². The first-order valence-corrected chi connectivity index (χ1v) is 11.3. The van der Waals surface area contributed by atoms with Gasteiger partial charge in [0.1, 0.15) is 18.2 Å². The molecule has 4 rings (SSSR count). The maximum atomic E-state index is 13.2. The maximum Gasteiger partial charge on any atom is 0.356 e. The second-order valence-corrected chi connectivity index (χ2v) is 9.11. The second-order valence-electron chi connectivity index (χ2n) is 7.94. The number of nitro groups is 1. The summed E-state index contributed by atoms with van der Waals surface area (Å²) in [6, 6.07) is 9.08. The highest BCUT2D eigenvalue weighted by Gasteiger charge is 2.62. The summed E-state index contributed by atoms with van der Waals surface area (Å²) in [7, 11) is 2.96. The van der Waals surface area contributed by atoms with Crippen LogP contribution >= 0.6 is 11.8 Å². The molecule has 3 heterocycles. The summed E-state index contributed by atoms with van der Waals surface area (Å²) in [4.78, 5) is 43.7. The van der Waals surface area contributed by atoms with Crippen LogP contribution in [0.3, 0.4) is 0 Å². The molecule has 34 heavy (non-hydrogen) atoms. The fourth-order valence-corrected chi connectivity index (χ4v) is 5.22. The molecule has 10 nitrogen and oxygen atoms in total. The highest BCUT2D eigenvalue weighted by atomic mass is 32.2. The molecule has 1 fully saturated rings. The number of fused-ring (bicyclic) bond motifs is 1. The van der Waals surface area contributed by atoms with Gasteiger partial charge < -0.3 is 19.1 Å². The van der Waals surface area contributed by atoms with E-state index in [-0.39, 0.29) is 29.9 Å². The van der Waals surface area contributed by atoms with Crippen molar-refractivity contribution in [3.8, 4) is 0 Å². The van der Waals surface area contributed by atoms with Crippen LogP contribution in [0, 0.1) is 16.0 Å². The minimum absolute atomic E-state index is 0.0518. The Morgan fingerprint density at radius 1 is 1.21 bits per heavy atom. The number of rotatable bonds is 9. The van der Waals surface area contributed by atoms with Crippen molar-refractivity contribution in [3.05, 3.63) is 75.1 Å². The number of benzene rings is 1. The van der Waals surface area contributed by atoms with Gasteiger partial charge in [0.25, 0.3) is 5.69 Å². The van der Waals surface area contributed by atoms with E-state index in [1.54, 1.807) is 19.3 Å². The predicted octanol–water partition coefficient (Wildman–Crippen LogP) is 3.28. The molecular formula is C23H23N3O7S. The fraction of sp³-hybridized carbons (Fsp3) is 0.348. The van der Waals surface area contributed by atoms with Crippen molar-refractivity contribution in [1.82, 2.24) is 9.88 Å². The SMILES string of the molecule is COC(C)(OC)[C@H]1C(=O)N2C(C(=O)OCc3ccc([N+](=O)[O-])cc3)=C(Sc3ccncc3)C[C@H]12. The van der Waals surface area contributed by atoms with E-state index in [2.05, 4.69) is 4.98 Å². The summed E-state index contributed by atoms with van der Waals surface area (Å²) in [5.74, 6) is -2.61. The van der Waals surface area contributed by atoms with Crippen LogP contribution in [0.15, 0.2) is 64.3 Å². The second kappa shape index (κ2) is 9.53. The molecule has 2 atom stereocenters. The Hall–Kier alpha value is -3.28. The van der Waals surface area contributed by atoms with Crippen LogP contribution in [0.1, 0.15) is 18.9 Å². The molecule has 0 unspecified atom stereocenters. The van der Waals surface area contributed by atoms with Gasteiger partial charge in [-0.15, -0.1) is 0 Å². The van der Waals surface area contributed by atoms with E-state index in [0.717, 1.165) is 4.90 Å². The molecule has 11 heteroatoms. The van der Waals surface area contributed by atoms with Gasteiger partial charge in [-0.2, -0.15) is 0 Å². The van der Waals surface area contributed by atoms with E-state index >= 15 is 0 Å². The number of carbonyl (C=O) groups excluding carboxylic acids is 2. The molecule has 0 aliphatic carbocycles. The number of hydrogen-bond acceptors (Lipinski definition) is 9.